The van der Waals surface area contributed by atoms with E-state index < -0.39 is 0 Å². The number of para-hydroxylation sites is 1. The number of piperazine rings is 1. The van der Waals surface area contributed by atoms with Crippen molar-refractivity contribution in [1.29, 1.82) is 0 Å². The van der Waals surface area contributed by atoms with Crippen LogP contribution in [0.15, 0.2) is 18.2 Å². The van der Waals surface area contributed by atoms with Gasteiger partial charge in [-0.1, -0.05) is 12.1 Å². The van der Waals surface area contributed by atoms with Gasteiger partial charge in [-0.2, -0.15) is 0 Å². The summed E-state index contributed by atoms with van der Waals surface area (Å²) in [4.78, 5) is 4.81. The van der Waals surface area contributed by atoms with Gasteiger partial charge in [0.25, 0.3) is 0 Å². The molecule has 0 amide bonds. The van der Waals surface area contributed by atoms with Crippen molar-refractivity contribution in [3.8, 4) is 0 Å². The van der Waals surface area contributed by atoms with Crippen LogP contribution in [0.5, 0.6) is 0 Å². The van der Waals surface area contributed by atoms with Crippen LogP contribution in [-0.2, 0) is 0 Å². The highest BCUT2D eigenvalue weighted by molar-refractivity contribution is 5.72. The molecule has 0 aliphatic carbocycles. The smallest absolute Gasteiger partial charge is 0.0632 e. The zero-order valence-electron chi connectivity index (χ0n) is 10.4. The first kappa shape index (κ1) is 11.3. The van der Waals surface area contributed by atoms with Crippen molar-refractivity contribution in [3.63, 3.8) is 0 Å². The lowest BCUT2D eigenvalue weighted by atomic mass is 10.1. The Morgan fingerprint density at radius 1 is 1.31 bits per heavy atom. The van der Waals surface area contributed by atoms with Gasteiger partial charge >= 0.3 is 0 Å². The molecule has 16 heavy (non-hydrogen) atoms. The molecular weight excluding hydrogens is 198 g/mol. The van der Waals surface area contributed by atoms with E-state index in [1.54, 1.807) is 0 Å². The van der Waals surface area contributed by atoms with Crippen LogP contribution < -0.4 is 10.6 Å². The lowest BCUT2D eigenvalue weighted by Crippen LogP contribution is -2.51. The second kappa shape index (κ2) is 4.34. The minimum atomic E-state index is 0.530. The molecule has 3 heteroatoms. The number of likely N-dealkylation sites (N-methyl/N-ethyl adjacent to an activating group) is 1. The summed E-state index contributed by atoms with van der Waals surface area (Å²) in [5, 5.41) is 0. The molecule has 1 aliphatic heterocycles. The monoisotopic (exact) mass is 219 g/mol. The minimum absolute atomic E-state index is 0.530. The van der Waals surface area contributed by atoms with Gasteiger partial charge in [0.1, 0.15) is 0 Å². The van der Waals surface area contributed by atoms with Gasteiger partial charge in [0.05, 0.1) is 11.4 Å². The van der Waals surface area contributed by atoms with Crippen LogP contribution in [0.1, 0.15) is 12.5 Å². The Labute approximate surface area is 97.8 Å². The first-order chi connectivity index (χ1) is 7.59. The van der Waals surface area contributed by atoms with Crippen molar-refractivity contribution in [1.82, 2.24) is 4.90 Å². The van der Waals surface area contributed by atoms with E-state index in [0.717, 1.165) is 25.3 Å². The highest BCUT2D eigenvalue weighted by Crippen LogP contribution is 2.30. The average Bonchev–Trinajstić information content (AvgIpc) is 2.20. The summed E-state index contributed by atoms with van der Waals surface area (Å²) in [5.41, 5.74) is 9.49. The van der Waals surface area contributed by atoms with Crippen molar-refractivity contribution in [3.05, 3.63) is 23.8 Å². The predicted octanol–water partition coefficient (Wildman–Crippen LogP) is 1.72. The van der Waals surface area contributed by atoms with Crippen LogP contribution in [-0.4, -0.2) is 37.6 Å². The Hall–Kier alpha value is -1.22. The van der Waals surface area contributed by atoms with E-state index in [1.807, 2.05) is 12.1 Å². The molecule has 1 unspecified atom stereocenters. The third-order valence-corrected chi connectivity index (χ3v) is 3.39. The molecule has 1 atom stereocenters. The molecule has 2 rings (SSSR count). The Balaban J connectivity index is 2.30. The van der Waals surface area contributed by atoms with Crippen LogP contribution in [0, 0.1) is 6.92 Å². The number of anilines is 2. The van der Waals surface area contributed by atoms with E-state index in [1.165, 1.54) is 11.3 Å². The number of rotatable bonds is 1. The van der Waals surface area contributed by atoms with Gasteiger partial charge in [-0.05, 0) is 32.5 Å². The summed E-state index contributed by atoms with van der Waals surface area (Å²) in [5.74, 6) is 0. The van der Waals surface area contributed by atoms with Gasteiger partial charge in [0.2, 0.25) is 0 Å². The topological polar surface area (TPSA) is 32.5 Å². The molecule has 1 fully saturated rings. The normalized spacial score (nSPS) is 22.4. The van der Waals surface area contributed by atoms with Crippen molar-refractivity contribution in [2.24, 2.45) is 0 Å². The number of hydrogen-bond donors (Lipinski definition) is 1. The lowest BCUT2D eigenvalue weighted by molar-refractivity contribution is 0.275. The van der Waals surface area contributed by atoms with E-state index in [2.05, 4.69) is 36.8 Å². The number of nitrogens with zero attached hydrogens (tertiary/aromatic N) is 2. The van der Waals surface area contributed by atoms with Crippen LogP contribution in [0.4, 0.5) is 11.4 Å². The third kappa shape index (κ3) is 2.00. The first-order valence-corrected chi connectivity index (χ1v) is 5.90. The minimum Gasteiger partial charge on any atom is -0.397 e. The van der Waals surface area contributed by atoms with Crippen LogP contribution >= 0.6 is 0 Å². The highest BCUT2D eigenvalue weighted by Gasteiger charge is 2.23. The molecule has 0 spiro atoms. The molecule has 1 heterocycles. The maximum atomic E-state index is 6.09. The summed E-state index contributed by atoms with van der Waals surface area (Å²) >= 11 is 0. The lowest BCUT2D eigenvalue weighted by Gasteiger charge is -2.41. The van der Waals surface area contributed by atoms with Crippen molar-refractivity contribution in [2.75, 3.05) is 37.3 Å². The molecule has 1 aromatic carbocycles. The fraction of sp³-hybridized carbons (Fsp3) is 0.538. The standard InChI is InChI=1S/C13H21N3/c1-10-5-4-6-12(14)13(10)16-8-7-15(3)9-11(16)2/h4-6,11H,7-9,14H2,1-3H3. The molecule has 0 saturated carbocycles. The van der Waals surface area contributed by atoms with Crippen LogP contribution in [0.2, 0.25) is 0 Å². The summed E-state index contributed by atoms with van der Waals surface area (Å²) in [6.45, 7) is 7.68. The van der Waals surface area contributed by atoms with Crippen LogP contribution in [0.3, 0.4) is 0 Å². The van der Waals surface area contributed by atoms with Gasteiger partial charge in [-0.3, -0.25) is 0 Å². The van der Waals surface area contributed by atoms with Gasteiger partial charge in [0, 0.05) is 25.7 Å². The Bertz CT molecular complexity index is 355. The van der Waals surface area contributed by atoms with Crippen molar-refractivity contribution >= 4 is 11.4 Å². The molecule has 1 aromatic rings. The van der Waals surface area contributed by atoms with E-state index in [9.17, 15) is 0 Å². The molecule has 2 N–H and O–H groups in total. The van der Waals surface area contributed by atoms with Crippen molar-refractivity contribution < 1.29 is 0 Å². The maximum absolute atomic E-state index is 6.09. The SMILES string of the molecule is Cc1cccc(N)c1N1CCN(C)CC1C. The van der Waals surface area contributed by atoms with Gasteiger partial charge in [-0.25, -0.2) is 0 Å². The van der Waals surface area contributed by atoms with Gasteiger partial charge in [0.15, 0.2) is 0 Å². The van der Waals surface area contributed by atoms with Crippen molar-refractivity contribution in [2.45, 2.75) is 19.9 Å². The average molecular weight is 219 g/mol. The second-order valence-corrected chi connectivity index (χ2v) is 4.82. The number of hydrogen-bond acceptors (Lipinski definition) is 3. The molecule has 1 saturated heterocycles. The number of benzene rings is 1. The predicted molar refractivity (Wildman–Crippen MR) is 69.9 cm³/mol. The second-order valence-electron chi connectivity index (χ2n) is 4.82. The molecule has 1 aliphatic rings. The van der Waals surface area contributed by atoms with E-state index in [0.29, 0.717) is 6.04 Å². The zero-order chi connectivity index (χ0) is 11.7. The summed E-state index contributed by atoms with van der Waals surface area (Å²) in [6.07, 6.45) is 0. The fourth-order valence-corrected chi connectivity index (χ4v) is 2.55. The molecular formula is C13H21N3. The molecule has 0 aromatic heterocycles. The maximum Gasteiger partial charge on any atom is 0.0632 e. The largest absolute Gasteiger partial charge is 0.397 e. The van der Waals surface area contributed by atoms with E-state index in [-0.39, 0.29) is 0 Å². The Morgan fingerprint density at radius 3 is 2.69 bits per heavy atom. The zero-order valence-corrected chi connectivity index (χ0v) is 10.4. The molecule has 0 radical (unpaired) electrons. The van der Waals surface area contributed by atoms with Gasteiger partial charge < -0.3 is 15.5 Å². The molecule has 88 valence electrons. The highest BCUT2D eigenvalue weighted by atomic mass is 15.3. The van der Waals surface area contributed by atoms with E-state index in [4.69, 9.17) is 5.73 Å². The van der Waals surface area contributed by atoms with E-state index >= 15 is 0 Å². The third-order valence-electron chi connectivity index (χ3n) is 3.39. The summed E-state index contributed by atoms with van der Waals surface area (Å²) in [6, 6.07) is 6.68. The fourth-order valence-electron chi connectivity index (χ4n) is 2.55. The quantitative estimate of drug-likeness (QED) is 0.730. The number of nitrogen functional groups attached to an aromatic ring is 1. The van der Waals surface area contributed by atoms with Gasteiger partial charge in [-0.15, -0.1) is 0 Å². The summed E-state index contributed by atoms with van der Waals surface area (Å²) in [7, 11) is 2.18. The van der Waals surface area contributed by atoms with Crippen LogP contribution in [0.25, 0.3) is 0 Å². The Kier molecular flexibility index (Phi) is 3.06. The number of nitrogens with two attached hydrogens (primary N) is 1. The summed E-state index contributed by atoms with van der Waals surface area (Å²) < 4.78 is 0. The molecule has 3 nitrogen and oxygen atoms in total. The number of aryl methyl sites for hydroxylation is 1. The first-order valence-electron chi connectivity index (χ1n) is 5.90. The Morgan fingerprint density at radius 2 is 2.06 bits per heavy atom. The molecule has 0 bridgehead atoms.